The monoisotopic (exact) mass is 342 g/mol. The van der Waals surface area contributed by atoms with Crippen molar-refractivity contribution in [1.29, 1.82) is 0 Å². The van der Waals surface area contributed by atoms with Gasteiger partial charge in [-0.3, -0.25) is 9.59 Å². The standard InChI is InChI=1S/C19H19ClN2O2/c1-13-12-16(21-19(24)14-5-7-15(20)8-6-14)9-10-17(13)22-11-3-2-4-18(22)23/h5-10,12H,2-4,11H2,1H3,(H,21,24). The highest BCUT2D eigenvalue weighted by molar-refractivity contribution is 6.30. The molecular weight excluding hydrogens is 324 g/mol. The summed E-state index contributed by atoms with van der Waals surface area (Å²) >= 11 is 5.84. The van der Waals surface area contributed by atoms with Crippen LogP contribution in [0.25, 0.3) is 0 Å². The van der Waals surface area contributed by atoms with Gasteiger partial charge in [0.15, 0.2) is 0 Å². The van der Waals surface area contributed by atoms with E-state index in [9.17, 15) is 9.59 Å². The van der Waals surface area contributed by atoms with Crippen molar-refractivity contribution >= 4 is 34.8 Å². The Labute approximate surface area is 146 Å². The lowest BCUT2D eigenvalue weighted by Gasteiger charge is -2.28. The van der Waals surface area contributed by atoms with Gasteiger partial charge in [0.1, 0.15) is 0 Å². The molecule has 1 aliphatic heterocycles. The quantitative estimate of drug-likeness (QED) is 0.897. The largest absolute Gasteiger partial charge is 0.322 e. The van der Waals surface area contributed by atoms with Gasteiger partial charge in [0.05, 0.1) is 0 Å². The van der Waals surface area contributed by atoms with Crippen LogP contribution in [0.2, 0.25) is 5.02 Å². The van der Waals surface area contributed by atoms with Crippen LogP contribution < -0.4 is 10.2 Å². The zero-order valence-corrected chi connectivity index (χ0v) is 14.3. The normalized spacial score (nSPS) is 14.6. The van der Waals surface area contributed by atoms with Gasteiger partial charge in [0, 0.05) is 34.9 Å². The summed E-state index contributed by atoms with van der Waals surface area (Å²) in [5.41, 5.74) is 3.15. The molecule has 0 spiro atoms. The molecule has 2 amide bonds. The minimum Gasteiger partial charge on any atom is -0.322 e. The molecule has 0 saturated carbocycles. The maximum atomic E-state index is 12.3. The summed E-state index contributed by atoms with van der Waals surface area (Å²) in [5, 5.41) is 3.47. The lowest BCUT2D eigenvalue weighted by Crippen LogP contribution is -2.35. The number of benzene rings is 2. The first-order chi connectivity index (χ1) is 11.5. The summed E-state index contributed by atoms with van der Waals surface area (Å²) in [5.74, 6) is -0.0184. The van der Waals surface area contributed by atoms with Crippen molar-refractivity contribution in [3.8, 4) is 0 Å². The van der Waals surface area contributed by atoms with Crippen molar-refractivity contribution < 1.29 is 9.59 Å². The van der Waals surface area contributed by atoms with Crippen LogP contribution >= 0.6 is 11.6 Å². The lowest BCUT2D eigenvalue weighted by molar-refractivity contribution is -0.119. The zero-order chi connectivity index (χ0) is 17.1. The molecule has 3 rings (SSSR count). The fraction of sp³-hybridized carbons (Fsp3) is 0.263. The van der Waals surface area contributed by atoms with Crippen LogP contribution in [-0.2, 0) is 4.79 Å². The molecule has 1 N–H and O–H groups in total. The van der Waals surface area contributed by atoms with Gasteiger partial charge in [-0.05, 0) is 67.8 Å². The van der Waals surface area contributed by atoms with E-state index in [4.69, 9.17) is 11.6 Å². The van der Waals surface area contributed by atoms with E-state index in [2.05, 4.69) is 5.32 Å². The maximum absolute atomic E-state index is 12.3. The molecule has 0 unspecified atom stereocenters. The van der Waals surface area contributed by atoms with Gasteiger partial charge in [0.2, 0.25) is 5.91 Å². The van der Waals surface area contributed by atoms with Gasteiger partial charge in [-0.1, -0.05) is 11.6 Å². The van der Waals surface area contributed by atoms with Crippen molar-refractivity contribution in [2.75, 3.05) is 16.8 Å². The average molecular weight is 343 g/mol. The molecule has 2 aromatic rings. The third kappa shape index (κ3) is 3.60. The molecule has 0 aromatic heterocycles. The zero-order valence-electron chi connectivity index (χ0n) is 13.5. The highest BCUT2D eigenvalue weighted by Crippen LogP contribution is 2.27. The predicted octanol–water partition coefficient (Wildman–Crippen LogP) is 4.42. The molecule has 4 nitrogen and oxygen atoms in total. The van der Waals surface area contributed by atoms with Crippen molar-refractivity contribution in [2.45, 2.75) is 26.2 Å². The van der Waals surface area contributed by atoms with E-state index in [1.807, 2.05) is 30.0 Å². The summed E-state index contributed by atoms with van der Waals surface area (Å²) in [6.45, 7) is 2.71. The smallest absolute Gasteiger partial charge is 0.255 e. The van der Waals surface area contributed by atoms with Gasteiger partial charge in [-0.25, -0.2) is 0 Å². The Morgan fingerprint density at radius 1 is 1.12 bits per heavy atom. The summed E-state index contributed by atoms with van der Waals surface area (Å²) in [6.07, 6.45) is 2.60. The molecule has 0 aliphatic carbocycles. The van der Waals surface area contributed by atoms with Gasteiger partial charge in [-0.15, -0.1) is 0 Å². The van der Waals surface area contributed by atoms with E-state index in [-0.39, 0.29) is 11.8 Å². The molecule has 1 heterocycles. The molecule has 124 valence electrons. The summed E-state index contributed by atoms with van der Waals surface area (Å²) in [4.78, 5) is 26.2. The van der Waals surface area contributed by atoms with Crippen molar-refractivity contribution in [1.82, 2.24) is 0 Å². The summed E-state index contributed by atoms with van der Waals surface area (Å²) in [6, 6.07) is 12.4. The predicted molar refractivity (Wildman–Crippen MR) is 96.8 cm³/mol. The molecule has 1 saturated heterocycles. The first kappa shape index (κ1) is 16.5. The fourth-order valence-corrected chi connectivity index (χ4v) is 3.03. The number of piperidine rings is 1. The Morgan fingerprint density at radius 3 is 2.54 bits per heavy atom. The Hall–Kier alpha value is -2.33. The molecule has 0 radical (unpaired) electrons. The first-order valence-electron chi connectivity index (χ1n) is 8.02. The minimum absolute atomic E-state index is 0.169. The van der Waals surface area contributed by atoms with Crippen LogP contribution in [0.1, 0.15) is 35.2 Å². The Morgan fingerprint density at radius 2 is 1.88 bits per heavy atom. The Kier molecular flexibility index (Phi) is 4.86. The van der Waals surface area contributed by atoms with Crippen LogP contribution in [-0.4, -0.2) is 18.4 Å². The van der Waals surface area contributed by atoms with Crippen LogP contribution in [0.3, 0.4) is 0 Å². The number of carbonyl (C=O) groups is 2. The molecule has 0 atom stereocenters. The third-order valence-electron chi connectivity index (χ3n) is 4.18. The van der Waals surface area contributed by atoms with E-state index in [0.717, 1.165) is 30.6 Å². The number of anilines is 2. The van der Waals surface area contributed by atoms with Gasteiger partial charge in [0.25, 0.3) is 5.91 Å². The number of halogens is 1. The van der Waals surface area contributed by atoms with Crippen molar-refractivity contribution in [3.05, 3.63) is 58.6 Å². The fourth-order valence-electron chi connectivity index (χ4n) is 2.90. The van der Waals surface area contributed by atoms with Crippen LogP contribution in [0.5, 0.6) is 0 Å². The van der Waals surface area contributed by atoms with Crippen molar-refractivity contribution in [2.24, 2.45) is 0 Å². The summed E-state index contributed by atoms with van der Waals surface area (Å²) < 4.78 is 0. The van der Waals surface area contributed by atoms with E-state index in [1.54, 1.807) is 24.3 Å². The number of hydrogen-bond donors (Lipinski definition) is 1. The van der Waals surface area contributed by atoms with Crippen molar-refractivity contribution in [3.63, 3.8) is 0 Å². The molecule has 1 fully saturated rings. The number of nitrogens with zero attached hydrogens (tertiary/aromatic N) is 1. The second kappa shape index (κ2) is 7.05. The first-order valence-corrected chi connectivity index (χ1v) is 8.40. The highest BCUT2D eigenvalue weighted by Gasteiger charge is 2.21. The SMILES string of the molecule is Cc1cc(NC(=O)c2ccc(Cl)cc2)ccc1N1CCCCC1=O. The number of hydrogen-bond acceptors (Lipinski definition) is 2. The molecule has 5 heteroatoms. The minimum atomic E-state index is -0.187. The lowest BCUT2D eigenvalue weighted by atomic mass is 10.1. The Bertz CT molecular complexity index is 771. The van der Waals surface area contributed by atoms with E-state index in [0.29, 0.717) is 22.7 Å². The molecular formula is C19H19ClN2O2. The maximum Gasteiger partial charge on any atom is 0.255 e. The summed E-state index contributed by atoms with van der Waals surface area (Å²) in [7, 11) is 0. The van der Waals surface area contributed by atoms with E-state index >= 15 is 0 Å². The van der Waals surface area contributed by atoms with Crippen LogP contribution in [0.15, 0.2) is 42.5 Å². The molecule has 2 aromatic carbocycles. The number of amides is 2. The number of rotatable bonds is 3. The second-order valence-corrected chi connectivity index (χ2v) is 6.40. The van der Waals surface area contributed by atoms with E-state index in [1.165, 1.54) is 0 Å². The number of aryl methyl sites for hydroxylation is 1. The Balaban J connectivity index is 1.76. The van der Waals surface area contributed by atoms with Gasteiger partial charge >= 0.3 is 0 Å². The second-order valence-electron chi connectivity index (χ2n) is 5.96. The van der Waals surface area contributed by atoms with Crippen LogP contribution in [0.4, 0.5) is 11.4 Å². The highest BCUT2D eigenvalue weighted by atomic mass is 35.5. The van der Waals surface area contributed by atoms with Gasteiger partial charge < -0.3 is 10.2 Å². The third-order valence-corrected chi connectivity index (χ3v) is 4.43. The molecule has 1 aliphatic rings. The van der Waals surface area contributed by atoms with Crippen LogP contribution in [0, 0.1) is 6.92 Å². The van der Waals surface area contributed by atoms with Gasteiger partial charge in [-0.2, -0.15) is 0 Å². The van der Waals surface area contributed by atoms with E-state index < -0.39 is 0 Å². The molecule has 0 bridgehead atoms. The number of carbonyl (C=O) groups excluding carboxylic acids is 2. The molecule has 24 heavy (non-hydrogen) atoms. The average Bonchev–Trinajstić information content (AvgIpc) is 2.56. The number of nitrogens with one attached hydrogen (secondary N) is 1. The topological polar surface area (TPSA) is 49.4 Å².